The van der Waals surface area contributed by atoms with Crippen molar-refractivity contribution >= 4 is 18.3 Å². The van der Waals surface area contributed by atoms with Gasteiger partial charge >= 0.3 is 0 Å². The molecule has 2 fully saturated rings. The van der Waals surface area contributed by atoms with Crippen molar-refractivity contribution in [1.82, 2.24) is 4.90 Å². The van der Waals surface area contributed by atoms with Gasteiger partial charge in [-0.15, -0.1) is 12.4 Å². The molecular weight excluding hydrogens is 324 g/mol. The van der Waals surface area contributed by atoms with Crippen molar-refractivity contribution < 1.29 is 9.53 Å². The minimum Gasteiger partial charge on any atom is -0.493 e. The van der Waals surface area contributed by atoms with Crippen LogP contribution >= 0.6 is 12.4 Å². The van der Waals surface area contributed by atoms with E-state index in [-0.39, 0.29) is 18.3 Å². The number of likely N-dealkylation sites (tertiary alicyclic amines) is 1. The molecule has 1 aromatic carbocycles. The molecule has 3 rings (SSSR count). The summed E-state index contributed by atoms with van der Waals surface area (Å²) in [6.07, 6.45) is 7.63. The quantitative estimate of drug-likeness (QED) is 0.882. The van der Waals surface area contributed by atoms with Crippen LogP contribution in [0.5, 0.6) is 5.75 Å². The number of rotatable bonds is 5. The summed E-state index contributed by atoms with van der Waals surface area (Å²) in [7, 11) is 0. The molecule has 0 bridgehead atoms. The number of nitrogens with zero attached hydrogens (tertiary/aromatic N) is 1. The molecule has 1 saturated carbocycles. The number of carbonyl (C=O) groups is 1. The number of nitrogens with two attached hydrogens (primary N) is 1. The van der Waals surface area contributed by atoms with E-state index < -0.39 is 0 Å². The third-order valence-electron chi connectivity index (χ3n) is 5.22. The average Bonchev–Trinajstić information content (AvgIpc) is 3.10. The lowest BCUT2D eigenvalue weighted by molar-refractivity contribution is 0.0787. The van der Waals surface area contributed by atoms with Gasteiger partial charge in [0.15, 0.2) is 0 Å². The molecule has 1 aromatic rings. The summed E-state index contributed by atoms with van der Waals surface area (Å²) in [5, 5.41) is 0. The monoisotopic (exact) mass is 352 g/mol. The highest BCUT2D eigenvalue weighted by molar-refractivity contribution is 5.94. The molecule has 24 heavy (non-hydrogen) atoms. The summed E-state index contributed by atoms with van der Waals surface area (Å²) in [6, 6.07) is 7.61. The second kappa shape index (κ2) is 9.28. The highest BCUT2D eigenvalue weighted by Crippen LogP contribution is 2.25. The molecule has 1 heterocycles. The van der Waals surface area contributed by atoms with Gasteiger partial charge in [-0.25, -0.2) is 0 Å². The van der Waals surface area contributed by atoms with Gasteiger partial charge in [0, 0.05) is 18.7 Å². The van der Waals surface area contributed by atoms with Crippen molar-refractivity contribution in [3.05, 3.63) is 29.8 Å². The summed E-state index contributed by atoms with van der Waals surface area (Å²) in [6.45, 7) is 3.07. The molecule has 134 valence electrons. The van der Waals surface area contributed by atoms with Crippen molar-refractivity contribution in [2.24, 2.45) is 17.6 Å². The fraction of sp³-hybridized carbons (Fsp3) is 0.632. The van der Waals surface area contributed by atoms with Gasteiger partial charge in [-0.2, -0.15) is 0 Å². The zero-order valence-electron chi connectivity index (χ0n) is 14.3. The largest absolute Gasteiger partial charge is 0.493 e. The van der Waals surface area contributed by atoms with Crippen molar-refractivity contribution in [2.75, 3.05) is 26.2 Å². The predicted molar refractivity (Wildman–Crippen MR) is 98.8 cm³/mol. The first-order chi connectivity index (χ1) is 11.3. The second-order valence-corrected chi connectivity index (χ2v) is 6.98. The standard InChI is InChI=1S/C19H28N2O2.ClH/c20-12-16-10-11-21(13-16)19(22)17-6-8-18(9-7-17)23-14-15-4-2-1-3-5-15;/h6-9,15-16H,1-5,10-14,20H2;1H. The SMILES string of the molecule is Cl.NCC1CCN(C(=O)c2ccc(OCC3CCCCC3)cc2)C1. The maximum atomic E-state index is 12.5. The van der Waals surface area contributed by atoms with E-state index >= 15 is 0 Å². The van der Waals surface area contributed by atoms with Crippen molar-refractivity contribution in [1.29, 1.82) is 0 Å². The molecule has 4 nitrogen and oxygen atoms in total. The number of hydrogen-bond acceptors (Lipinski definition) is 3. The summed E-state index contributed by atoms with van der Waals surface area (Å²) in [5.41, 5.74) is 6.44. The van der Waals surface area contributed by atoms with E-state index in [0.717, 1.165) is 37.4 Å². The number of amides is 1. The third kappa shape index (κ3) is 4.87. The minimum absolute atomic E-state index is 0. The Morgan fingerprint density at radius 3 is 2.42 bits per heavy atom. The van der Waals surface area contributed by atoms with E-state index in [1.165, 1.54) is 32.1 Å². The van der Waals surface area contributed by atoms with Crippen LogP contribution in [0, 0.1) is 11.8 Å². The zero-order chi connectivity index (χ0) is 16.1. The van der Waals surface area contributed by atoms with Gasteiger partial charge in [-0.05, 0) is 61.9 Å². The Kier molecular flexibility index (Phi) is 7.38. The lowest BCUT2D eigenvalue weighted by Crippen LogP contribution is -2.29. The van der Waals surface area contributed by atoms with E-state index in [9.17, 15) is 4.79 Å². The summed E-state index contributed by atoms with van der Waals surface area (Å²) >= 11 is 0. The van der Waals surface area contributed by atoms with Crippen LogP contribution in [-0.4, -0.2) is 37.0 Å². The molecule has 1 atom stereocenters. The van der Waals surface area contributed by atoms with Gasteiger partial charge in [0.1, 0.15) is 5.75 Å². The smallest absolute Gasteiger partial charge is 0.253 e. The van der Waals surface area contributed by atoms with Crippen LogP contribution in [0.25, 0.3) is 0 Å². The molecule has 1 aliphatic heterocycles. The van der Waals surface area contributed by atoms with Gasteiger partial charge in [-0.3, -0.25) is 4.79 Å². The molecule has 1 unspecified atom stereocenters. The molecule has 1 aliphatic carbocycles. The van der Waals surface area contributed by atoms with E-state index in [2.05, 4.69) is 0 Å². The summed E-state index contributed by atoms with van der Waals surface area (Å²) in [5.74, 6) is 2.13. The van der Waals surface area contributed by atoms with Crippen LogP contribution in [0.3, 0.4) is 0 Å². The molecule has 0 radical (unpaired) electrons. The van der Waals surface area contributed by atoms with E-state index in [4.69, 9.17) is 10.5 Å². The highest BCUT2D eigenvalue weighted by Gasteiger charge is 2.25. The van der Waals surface area contributed by atoms with Gasteiger partial charge in [0.05, 0.1) is 6.61 Å². The van der Waals surface area contributed by atoms with Crippen molar-refractivity contribution in [2.45, 2.75) is 38.5 Å². The van der Waals surface area contributed by atoms with Crippen LogP contribution in [0.15, 0.2) is 24.3 Å². The number of carbonyl (C=O) groups excluding carboxylic acids is 1. The molecule has 2 aliphatic rings. The third-order valence-corrected chi connectivity index (χ3v) is 5.22. The summed E-state index contributed by atoms with van der Waals surface area (Å²) in [4.78, 5) is 14.4. The number of hydrogen-bond donors (Lipinski definition) is 1. The number of benzene rings is 1. The molecule has 1 saturated heterocycles. The van der Waals surface area contributed by atoms with Gasteiger partial charge < -0.3 is 15.4 Å². The van der Waals surface area contributed by atoms with E-state index in [0.29, 0.717) is 18.4 Å². The van der Waals surface area contributed by atoms with Crippen LogP contribution in [0.2, 0.25) is 0 Å². The Balaban J connectivity index is 0.00000208. The van der Waals surface area contributed by atoms with Crippen LogP contribution in [0.1, 0.15) is 48.9 Å². The number of halogens is 1. The number of ether oxygens (including phenoxy) is 1. The minimum atomic E-state index is 0. The van der Waals surface area contributed by atoms with Crippen molar-refractivity contribution in [3.8, 4) is 5.75 Å². The Morgan fingerprint density at radius 1 is 1.08 bits per heavy atom. The first-order valence-electron chi connectivity index (χ1n) is 8.98. The second-order valence-electron chi connectivity index (χ2n) is 6.98. The van der Waals surface area contributed by atoms with Gasteiger partial charge in [-0.1, -0.05) is 19.3 Å². The normalized spacial score (nSPS) is 21.4. The van der Waals surface area contributed by atoms with Gasteiger partial charge in [0.2, 0.25) is 0 Å². The van der Waals surface area contributed by atoms with Crippen LogP contribution < -0.4 is 10.5 Å². The van der Waals surface area contributed by atoms with Crippen LogP contribution in [0.4, 0.5) is 0 Å². The maximum Gasteiger partial charge on any atom is 0.253 e. The first kappa shape index (κ1) is 19.1. The van der Waals surface area contributed by atoms with Crippen LogP contribution in [-0.2, 0) is 0 Å². The van der Waals surface area contributed by atoms with E-state index in [1.54, 1.807) is 0 Å². The maximum absolute atomic E-state index is 12.5. The van der Waals surface area contributed by atoms with Crippen molar-refractivity contribution in [3.63, 3.8) is 0 Å². The molecule has 0 spiro atoms. The molecule has 5 heteroatoms. The highest BCUT2D eigenvalue weighted by atomic mass is 35.5. The van der Waals surface area contributed by atoms with E-state index in [1.807, 2.05) is 29.2 Å². The molecule has 0 aromatic heterocycles. The summed E-state index contributed by atoms with van der Waals surface area (Å²) < 4.78 is 5.90. The molecular formula is C19H29ClN2O2. The lowest BCUT2D eigenvalue weighted by Gasteiger charge is -2.21. The average molecular weight is 353 g/mol. The molecule has 1 amide bonds. The lowest BCUT2D eigenvalue weighted by atomic mass is 9.90. The topological polar surface area (TPSA) is 55.6 Å². The molecule has 2 N–H and O–H groups in total. The Morgan fingerprint density at radius 2 is 1.79 bits per heavy atom. The first-order valence-corrected chi connectivity index (χ1v) is 8.98. The Hall–Kier alpha value is -1.26. The zero-order valence-corrected chi connectivity index (χ0v) is 15.1. The predicted octanol–water partition coefficient (Wildman–Crippen LogP) is 3.49. The van der Waals surface area contributed by atoms with Gasteiger partial charge in [0.25, 0.3) is 5.91 Å². The fourth-order valence-corrected chi connectivity index (χ4v) is 3.65. The Labute approximate surface area is 151 Å². The fourth-order valence-electron chi connectivity index (χ4n) is 3.65. The Bertz CT molecular complexity index is 515.